The highest BCUT2D eigenvalue weighted by molar-refractivity contribution is 7.80. The molecule has 0 aromatic carbocycles. The van der Waals surface area contributed by atoms with Crippen molar-refractivity contribution in [3.63, 3.8) is 0 Å². The Kier molecular flexibility index (Phi) is 3.89. The molecule has 1 aliphatic carbocycles. The molecule has 1 atom stereocenters. The fourth-order valence-electron chi connectivity index (χ4n) is 1.33. The number of hydrazone groups is 1. The van der Waals surface area contributed by atoms with Crippen molar-refractivity contribution in [3.8, 4) is 0 Å². The maximum atomic E-state index is 5.22. The summed E-state index contributed by atoms with van der Waals surface area (Å²) in [7, 11) is 0. The summed E-state index contributed by atoms with van der Waals surface area (Å²) in [5.41, 5.74) is 9.27. The summed E-state index contributed by atoms with van der Waals surface area (Å²) in [5.74, 6) is 0.533. The van der Waals surface area contributed by atoms with Crippen LogP contribution in [0.1, 0.15) is 26.2 Å². The molecule has 1 rings (SSSR count). The lowest BCUT2D eigenvalue weighted by atomic mass is 9.91. The molecule has 3 N–H and O–H groups in total. The Morgan fingerprint density at radius 1 is 1.85 bits per heavy atom. The van der Waals surface area contributed by atoms with Crippen LogP contribution in [-0.2, 0) is 0 Å². The zero-order valence-electron chi connectivity index (χ0n) is 7.79. The van der Waals surface area contributed by atoms with E-state index in [1.165, 1.54) is 18.4 Å². The smallest absolute Gasteiger partial charge is 0.184 e. The fraction of sp³-hybridized carbons (Fsp3) is 0.556. The molecule has 4 heteroatoms. The van der Waals surface area contributed by atoms with Gasteiger partial charge in [0.05, 0.1) is 0 Å². The average Bonchev–Trinajstić information content (AvgIpc) is 2.08. The van der Waals surface area contributed by atoms with Crippen LogP contribution >= 0.6 is 12.2 Å². The van der Waals surface area contributed by atoms with Gasteiger partial charge in [0.15, 0.2) is 5.11 Å². The van der Waals surface area contributed by atoms with Crippen LogP contribution in [0.5, 0.6) is 0 Å². The fourth-order valence-corrected chi connectivity index (χ4v) is 1.38. The van der Waals surface area contributed by atoms with Crippen molar-refractivity contribution in [1.29, 1.82) is 0 Å². The van der Waals surface area contributed by atoms with Crippen LogP contribution in [0.25, 0.3) is 0 Å². The van der Waals surface area contributed by atoms with E-state index in [9.17, 15) is 0 Å². The van der Waals surface area contributed by atoms with Gasteiger partial charge in [-0.1, -0.05) is 11.6 Å². The largest absolute Gasteiger partial charge is 0.375 e. The summed E-state index contributed by atoms with van der Waals surface area (Å²) in [5, 5.41) is 4.17. The van der Waals surface area contributed by atoms with Crippen molar-refractivity contribution in [2.24, 2.45) is 16.8 Å². The standard InChI is InChI=1S/C9H15N3S/c1-7-2-4-8(5-3-7)6-11-12-9(10)13/h2,6,8H,3-5H2,1H3,(H3,10,12,13)/b11-6-/t8-/m1/s1. The zero-order valence-corrected chi connectivity index (χ0v) is 8.60. The number of hydrogen-bond acceptors (Lipinski definition) is 2. The Morgan fingerprint density at radius 3 is 3.15 bits per heavy atom. The Labute approximate surface area is 84.1 Å². The summed E-state index contributed by atoms with van der Waals surface area (Å²) in [6.45, 7) is 2.17. The molecule has 0 heterocycles. The maximum Gasteiger partial charge on any atom is 0.184 e. The summed E-state index contributed by atoms with van der Waals surface area (Å²) < 4.78 is 0. The zero-order chi connectivity index (χ0) is 9.68. The molecular weight excluding hydrogens is 182 g/mol. The third kappa shape index (κ3) is 4.03. The van der Waals surface area contributed by atoms with Gasteiger partial charge in [0.25, 0.3) is 0 Å². The second-order valence-corrected chi connectivity index (χ2v) is 3.78. The third-order valence-corrected chi connectivity index (χ3v) is 2.23. The van der Waals surface area contributed by atoms with Gasteiger partial charge in [0, 0.05) is 6.21 Å². The second-order valence-electron chi connectivity index (χ2n) is 3.34. The quantitative estimate of drug-likeness (QED) is 0.306. The molecule has 0 saturated carbocycles. The Bertz CT molecular complexity index is 245. The van der Waals surface area contributed by atoms with Crippen LogP contribution in [0.4, 0.5) is 0 Å². The normalized spacial score (nSPS) is 22.8. The molecule has 0 saturated heterocycles. The average molecular weight is 197 g/mol. The second kappa shape index (κ2) is 4.97. The van der Waals surface area contributed by atoms with Crippen LogP contribution in [0, 0.1) is 5.92 Å². The van der Waals surface area contributed by atoms with Gasteiger partial charge in [-0.2, -0.15) is 5.10 Å². The number of rotatable bonds is 2. The van der Waals surface area contributed by atoms with E-state index in [2.05, 4.69) is 35.7 Å². The molecular formula is C9H15N3S. The summed E-state index contributed by atoms with van der Waals surface area (Å²) in [6, 6.07) is 0. The highest BCUT2D eigenvalue weighted by Gasteiger charge is 2.09. The first-order chi connectivity index (χ1) is 6.18. The van der Waals surface area contributed by atoms with E-state index in [0.29, 0.717) is 5.92 Å². The molecule has 1 aliphatic rings. The van der Waals surface area contributed by atoms with Gasteiger partial charge in [-0.05, 0) is 44.3 Å². The number of nitrogens with one attached hydrogen (secondary N) is 1. The molecule has 0 bridgehead atoms. The number of hydrogen-bond donors (Lipinski definition) is 2. The van der Waals surface area contributed by atoms with Gasteiger partial charge in [-0.15, -0.1) is 0 Å². The number of thiocarbonyl (C=S) groups is 1. The number of allylic oxidation sites excluding steroid dienone is 2. The first-order valence-electron chi connectivity index (χ1n) is 4.42. The predicted molar refractivity (Wildman–Crippen MR) is 59.5 cm³/mol. The van der Waals surface area contributed by atoms with Gasteiger partial charge in [-0.25, -0.2) is 0 Å². The van der Waals surface area contributed by atoms with E-state index >= 15 is 0 Å². The lowest BCUT2D eigenvalue weighted by Gasteiger charge is -2.15. The van der Waals surface area contributed by atoms with Gasteiger partial charge in [0.2, 0.25) is 0 Å². The predicted octanol–water partition coefficient (Wildman–Crippen LogP) is 1.55. The van der Waals surface area contributed by atoms with Crippen LogP contribution in [-0.4, -0.2) is 11.3 Å². The van der Waals surface area contributed by atoms with Crippen LogP contribution in [0.2, 0.25) is 0 Å². The topological polar surface area (TPSA) is 50.4 Å². The minimum absolute atomic E-state index is 0.221. The minimum Gasteiger partial charge on any atom is -0.375 e. The van der Waals surface area contributed by atoms with E-state index in [1.807, 2.05) is 6.21 Å². The highest BCUT2D eigenvalue weighted by Crippen LogP contribution is 2.21. The molecule has 0 aromatic rings. The molecule has 3 nitrogen and oxygen atoms in total. The van der Waals surface area contributed by atoms with Crippen molar-refractivity contribution in [2.45, 2.75) is 26.2 Å². The van der Waals surface area contributed by atoms with E-state index in [1.54, 1.807) is 0 Å². The minimum atomic E-state index is 0.221. The molecule has 0 spiro atoms. The van der Waals surface area contributed by atoms with Crippen molar-refractivity contribution in [1.82, 2.24) is 5.43 Å². The monoisotopic (exact) mass is 197 g/mol. The summed E-state index contributed by atoms with van der Waals surface area (Å²) >= 11 is 4.62. The Balaban J connectivity index is 2.31. The van der Waals surface area contributed by atoms with E-state index in [0.717, 1.165) is 6.42 Å². The van der Waals surface area contributed by atoms with Gasteiger partial charge in [0.1, 0.15) is 0 Å². The first kappa shape index (κ1) is 10.2. The number of nitrogens with zero attached hydrogens (tertiary/aromatic N) is 1. The SMILES string of the molecule is CC1=CC[C@@H](/C=N\NC(N)=S)CC1. The Hall–Kier alpha value is -0.900. The molecule has 0 radical (unpaired) electrons. The molecule has 0 amide bonds. The highest BCUT2D eigenvalue weighted by atomic mass is 32.1. The molecule has 0 unspecified atom stereocenters. The van der Waals surface area contributed by atoms with E-state index in [4.69, 9.17) is 5.73 Å². The number of nitrogens with two attached hydrogens (primary N) is 1. The van der Waals surface area contributed by atoms with Gasteiger partial charge < -0.3 is 5.73 Å². The molecule has 72 valence electrons. The third-order valence-electron chi connectivity index (χ3n) is 2.14. The molecule has 0 aliphatic heterocycles. The lowest BCUT2D eigenvalue weighted by molar-refractivity contribution is 0.605. The summed E-state index contributed by atoms with van der Waals surface area (Å²) in [6.07, 6.45) is 7.58. The molecule has 0 fully saturated rings. The van der Waals surface area contributed by atoms with Crippen molar-refractivity contribution in [3.05, 3.63) is 11.6 Å². The summed E-state index contributed by atoms with van der Waals surface area (Å²) in [4.78, 5) is 0. The van der Waals surface area contributed by atoms with Gasteiger partial charge in [-0.3, -0.25) is 5.43 Å². The van der Waals surface area contributed by atoms with Crippen LogP contribution in [0.3, 0.4) is 0 Å². The first-order valence-corrected chi connectivity index (χ1v) is 4.83. The van der Waals surface area contributed by atoms with Crippen LogP contribution in [0.15, 0.2) is 16.8 Å². The molecule has 0 aromatic heterocycles. The maximum absolute atomic E-state index is 5.22. The lowest BCUT2D eigenvalue weighted by Crippen LogP contribution is -2.24. The van der Waals surface area contributed by atoms with E-state index < -0.39 is 0 Å². The molecule has 13 heavy (non-hydrogen) atoms. The Morgan fingerprint density at radius 2 is 2.62 bits per heavy atom. The van der Waals surface area contributed by atoms with E-state index in [-0.39, 0.29) is 5.11 Å². The van der Waals surface area contributed by atoms with Crippen molar-refractivity contribution >= 4 is 23.5 Å². The van der Waals surface area contributed by atoms with Gasteiger partial charge >= 0.3 is 0 Å². The van der Waals surface area contributed by atoms with Crippen LogP contribution < -0.4 is 11.2 Å². The van der Waals surface area contributed by atoms with Crippen molar-refractivity contribution < 1.29 is 0 Å². The van der Waals surface area contributed by atoms with Crippen molar-refractivity contribution in [2.75, 3.05) is 0 Å².